The van der Waals surface area contributed by atoms with Gasteiger partial charge in [0.2, 0.25) is 5.91 Å². The van der Waals surface area contributed by atoms with E-state index in [9.17, 15) is 4.79 Å². The van der Waals surface area contributed by atoms with E-state index in [4.69, 9.17) is 9.15 Å². The molecule has 0 radical (unpaired) electrons. The van der Waals surface area contributed by atoms with E-state index in [0.717, 1.165) is 57.3 Å². The molecule has 2 atom stereocenters. The molecule has 3 heterocycles. The van der Waals surface area contributed by atoms with Crippen LogP contribution in [-0.2, 0) is 9.53 Å². The number of nitrogens with zero attached hydrogens (tertiary/aromatic N) is 1. The lowest BCUT2D eigenvalue weighted by Crippen LogP contribution is -2.43. The van der Waals surface area contributed by atoms with Crippen LogP contribution in [0.5, 0.6) is 0 Å². The van der Waals surface area contributed by atoms with Crippen molar-refractivity contribution in [1.82, 2.24) is 15.5 Å². The van der Waals surface area contributed by atoms with Gasteiger partial charge in [0.05, 0.1) is 19.3 Å². The maximum absolute atomic E-state index is 12.2. The monoisotopic (exact) mass is 335 g/mol. The maximum Gasteiger partial charge on any atom is 0.220 e. The molecule has 0 saturated carbocycles. The molecule has 0 spiro atoms. The van der Waals surface area contributed by atoms with Gasteiger partial charge in [-0.2, -0.15) is 0 Å². The summed E-state index contributed by atoms with van der Waals surface area (Å²) < 4.78 is 11.3. The first kappa shape index (κ1) is 17.5. The third-order valence-electron chi connectivity index (χ3n) is 5.01. The highest BCUT2D eigenvalue weighted by atomic mass is 16.5. The molecule has 6 heteroatoms. The van der Waals surface area contributed by atoms with Gasteiger partial charge in [-0.05, 0) is 50.9 Å². The average Bonchev–Trinajstić information content (AvgIpc) is 3.26. The first-order valence-corrected chi connectivity index (χ1v) is 9.08. The number of amides is 1. The average molecular weight is 335 g/mol. The van der Waals surface area contributed by atoms with Crippen molar-refractivity contribution in [3.63, 3.8) is 0 Å². The van der Waals surface area contributed by atoms with Crippen LogP contribution in [0.2, 0.25) is 0 Å². The normalized spacial score (nSPS) is 23.3. The van der Waals surface area contributed by atoms with Crippen LogP contribution in [0.1, 0.15) is 36.8 Å². The lowest BCUT2D eigenvalue weighted by atomic mass is 10.0. The van der Waals surface area contributed by atoms with Gasteiger partial charge in [0.1, 0.15) is 11.5 Å². The minimum absolute atomic E-state index is 0.0831. The summed E-state index contributed by atoms with van der Waals surface area (Å²) in [6, 6.07) is 4.09. The summed E-state index contributed by atoms with van der Waals surface area (Å²) in [5.74, 6) is 2.62. The fourth-order valence-corrected chi connectivity index (χ4v) is 3.53. The fourth-order valence-electron chi connectivity index (χ4n) is 3.53. The molecule has 2 unspecified atom stereocenters. The zero-order chi connectivity index (χ0) is 16.8. The van der Waals surface area contributed by atoms with E-state index >= 15 is 0 Å². The topological polar surface area (TPSA) is 66.7 Å². The van der Waals surface area contributed by atoms with Gasteiger partial charge >= 0.3 is 0 Å². The summed E-state index contributed by atoms with van der Waals surface area (Å²) in [6.07, 6.45) is 2.77. The number of nitrogens with one attached hydrogen (secondary N) is 2. The highest BCUT2D eigenvalue weighted by Crippen LogP contribution is 2.23. The van der Waals surface area contributed by atoms with Crippen molar-refractivity contribution in [3.05, 3.63) is 23.7 Å². The lowest BCUT2D eigenvalue weighted by Gasteiger charge is -2.33. The molecule has 134 valence electrons. The number of carbonyl (C=O) groups is 1. The van der Waals surface area contributed by atoms with E-state index in [0.29, 0.717) is 18.9 Å². The van der Waals surface area contributed by atoms with Crippen LogP contribution in [0.25, 0.3) is 0 Å². The Bertz CT molecular complexity index is 519. The Balaban J connectivity index is 1.52. The van der Waals surface area contributed by atoms with Gasteiger partial charge < -0.3 is 19.8 Å². The van der Waals surface area contributed by atoms with Crippen molar-refractivity contribution in [2.75, 3.05) is 45.9 Å². The van der Waals surface area contributed by atoms with Gasteiger partial charge in [-0.1, -0.05) is 0 Å². The summed E-state index contributed by atoms with van der Waals surface area (Å²) >= 11 is 0. The number of hydrogen-bond acceptors (Lipinski definition) is 5. The van der Waals surface area contributed by atoms with Gasteiger partial charge in [0.25, 0.3) is 0 Å². The third kappa shape index (κ3) is 4.82. The molecule has 1 amide bonds. The van der Waals surface area contributed by atoms with E-state index in [1.165, 1.54) is 6.42 Å². The summed E-state index contributed by atoms with van der Waals surface area (Å²) in [5, 5.41) is 6.46. The van der Waals surface area contributed by atoms with Gasteiger partial charge in [-0.25, -0.2) is 0 Å². The van der Waals surface area contributed by atoms with Gasteiger partial charge in [0.15, 0.2) is 0 Å². The van der Waals surface area contributed by atoms with Crippen molar-refractivity contribution in [1.29, 1.82) is 0 Å². The highest BCUT2D eigenvalue weighted by Gasteiger charge is 2.25. The van der Waals surface area contributed by atoms with E-state index in [1.807, 2.05) is 19.1 Å². The first-order chi connectivity index (χ1) is 11.7. The Morgan fingerprint density at radius 3 is 2.92 bits per heavy atom. The van der Waals surface area contributed by atoms with E-state index in [-0.39, 0.29) is 11.9 Å². The van der Waals surface area contributed by atoms with Crippen molar-refractivity contribution in [2.24, 2.45) is 5.92 Å². The molecular formula is C18H29N3O3. The number of aryl methyl sites for hydroxylation is 1. The van der Waals surface area contributed by atoms with Crippen molar-refractivity contribution in [2.45, 2.75) is 32.2 Å². The third-order valence-corrected chi connectivity index (χ3v) is 5.01. The zero-order valence-electron chi connectivity index (χ0n) is 14.6. The number of carbonyl (C=O) groups excluding carboxylic acids is 1. The molecular weight excluding hydrogens is 306 g/mol. The standard InChI is InChI=1S/C18H29N3O3/c1-14-2-4-17(24-14)16(21-8-10-23-11-9-21)13-20-18(22)5-3-15-6-7-19-12-15/h2,4,15-16,19H,3,5-13H2,1H3,(H,20,22). The molecule has 1 aromatic rings. The second-order valence-corrected chi connectivity index (χ2v) is 6.81. The van der Waals surface area contributed by atoms with E-state index < -0.39 is 0 Å². The molecule has 1 aromatic heterocycles. The van der Waals surface area contributed by atoms with Crippen molar-refractivity contribution in [3.8, 4) is 0 Å². The number of furan rings is 1. The minimum atomic E-state index is 0.0831. The summed E-state index contributed by atoms with van der Waals surface area (Å²) in [4.78, 5) is 14.6. The second-order valence-electron chi connectivity index (χ2n) is 6.81. The van der Waals surface area contributed by atoms with Crippen molar-refractivity contribution >= 4 is 5.91 Å². The Hall–Kier alpha value is -1.37. The molecule has 0 bridgehead atoms. The fraction of sp³-hybridized carbons (Fsp3) is 0.722. The molecule has 2 aliphatic rings. The Kier molecular flexibility index (Phi) is 6.29. The molecule has 24 heavy (non-hydrogen) atoms. The predicted molar refractivity (Wildman–Crippen MR) is 91.8 cm³/mol. The molecule has 2 N–H and O–H groups in total. The van der Waals surface area contributed by atoms with Gasteiger partial charge in [-0.15, -0.1) is 0 Å². The number of ether oxygens (including phenoxy) is 1. The summed E-state index contributed by atoms with van der Waals surface area (Å²) in [6.45, 7) is 7.89. The molecule has 2 fully saturated rings. The molecule has 2 saturated heterocycles. The lowest BCUT2D eigenvalue weighted by molar-refractivity contribution is -0.121. The van der Waals surface area contributed by atoms with Crippen LogP contribution >= 0.6 is 0 Å². The van der Waals surface area contributed by atoms with Crippen LogP contribution < -0.4 is 10.6 Å². The molecule has 6 nitrogen and oxygen atoms in total. The van der Waals surface area contributed by atoms with E-state index in [1.54, 1.807) is 0 Å². The Morgan fingerprint density at radius 2 is 2.25 bits per heavy atom. The number of hydrogen-bond donors (Lipinski definition) is 2. The van der Waals surface area contributed by atoms with Crippen LogP contribution in [0.4, 0.5) is 0 Å². The van der Waals surface area contributed by atoms with E-state index in [2.05, 4.69) is 15.5 Å². The van der Waals surface area contributed by atoms with Crippen molar-refractivity contribution < 1.29 is 13.9 Å². The SMILES string of the molecule is Cc1ccc(C(CNC(=O)CCC2CCNC2)N2CCOCC2)o1. The largest absolute Gasteiger partial charge is 0.465 e. The number of rotatable bonds is 7. The highest BCUT2D eigenvalue weighted by molar-refractivity contribution is 5.75. The van der Waals surface area contributed by atoms with Crippen LogP contribution in [0.3, 0.4) is 0 Å². The van der Waals surface area contributed by atoms with Crippen LogP contribution in [0.15, 0.2) is 16.5 Å². The Morgan fingerprint density at radius 1 is 1.42 bits per heavy atom. The van der Waals surface area contributed by atoms with Gasteiger partial charge in [0, 0.05) is 26.1 Å². The zero-order valence-corrected chi connectivity index (χ0v) is 14.6. The summed E-state index contributed by atoms with van der Waals surface area (Å²) in [5.41, 5.74) is 0. The molecule has 0 aliphatic carbocycles. The first-order valence-electron chi connectivity index (χ1n) is 9.08. The maximum atomic E-state index is 12.2. The summed E-state index contributed by atoms with van der Waals surface area (Å²) in [7, 11) is 0. The molecule has 2 aliphatic heterocycles. The Labute approximate surface area is 143 Å². The quantitative estimate of drug-likeness (QED) is 0.790. The molecule has 0 aromatic carbocycles. The van der Waals surface area contributed by atoms with Gasteiger partial charge in [-0.3, -0.25) is 9.69 Å². The minimum Gasteiger partial charge on any atom is -0.465 e. The second kappa shape index (κ2) is 8.65. The smallest absolute Gasteiger partial charge is 0.220 e. The molecule has 3 rings (SSSR count). The predicted octanol–water partition coefficient (Wildman–Crippen LogP) is 1.47. The number of morpholine rings is 1. The van der Waals surface area contributed by atoms with Crippen LogP contribution in [-0.4, -0.2) is 56.7 Å². The van der Waals surface area contributed by atoms with Crippen LogP contribution in [0, 0.1) is 12.8 Å².